The van der Waals surface area contributed by atoms with Crippen molar-refractivity contribution in [2.75, 3.05) is 14.2 Å². The predicted molar refractivity (Wildman–Crippen MR) is 93.5 cm³/mol. The van der Waals surface area contributed by atoms with Crippen LogP contribution in [0.5, 0.6) is 0 Å². The van der Waals surface area contributed by atoms with Crippen LogP contribution >= 0.6 is 0 Å². The molecule has 0 aliphatic carbocycles. The van der Waals surface area contributed by atoms with Crippen molar-refractivity contribution in [3.63, 3.8) is 0 Å². The third-order valence-electron chi connectivity index (χ3n) is 3.67. The maximum atomic E-state index is 12.4. The van der Waals surface area contributed by atoms with Gasteiger partial charge in [-0.15, -0.1) is 0 Å². The van der Waals surface area contributed by atoms with Crippen LogP contribution in [-0.2, 0) is 27.4 Å². The van der Waals surface area contributed by atoms with Gasteiger partial charge in [0.2, 0.25) is 0 Å². The number of nitrogens with zero attached hydrogens (tertiary/aromatic N) is 1. The molecule has 0 saturated heterocycles. The van der Waals surface area contributed by atoms with E-state index >= 15 is 0 Å². The summed E-state index contributed by atoms with van der Waals surface area (Å²) in [5, 5.41) is 3.71. The van der Waals surface area contributed by atoms with Crippen LogP contribution in [0.1, 0.15) is 11.1 Å². The molecule has 2 rings (SSSR count). The lowest BCUT2D eigenvalue weighted by Gasteiger charge is -2.22. The number of hydroxylamine groups is 2. The molecule has 0 aromatic heterocycles. The Labute approximate surface area is 147 Å². The topological polar surface area (TPSA) is 67.9 Å². The second-order valence-corrected chi connectivity index (χ2v) is 5.47. The molecule has 6 heteroatoms. The molecule has 2 aromatic carbocycles. The lowest BCUT2D eigenvalue weighted by atomic mass is 10.1. The standard InChI is InChI=1S/C19H22N2O4/c1-21(24-2)18(22)17(13-15-9-5-3-6-10-15)20-19(23)25-14-16-11-7-4-8-12-16/h3-12,17H,13-14H2,1-2H3,(H,20,23). The monoisotopic (exact) mass is 342 g/mol. The van der Waals surface area contributed by atoms with Gasteiger partial charge in [-0.25, -0.2) is 9.86 Å². The van der Waals surface area contributed by atoms with Crippen LogP contribution in [0.25, 0.3) is 0 Å². The Kier molecular flexibility index (Phi) is 6.98. The van der Waals surface area contributed by atoms with Gasteiger partial charge >= 0.3 is 6.09 Å². The fraction of sp³-hybridized carbons (Fsp3) is 0.263. The molecule has 1 unspecified atom stereocenters. The molecule has 1 atom stereocenters. The van der Waals surface area contributed by atoms with Crippen LogP contribution in [0.3, 0.4) is 0 Å². The summed E-state index contributed by atoms with van der Waals surface area (Å²) in [6, 6.07) is 18.0. The molecule has 2 amide bonds. The van der Waals surface area contributed by atoms with Crippen LogP contribution in [0.4, 0.5) is 4.79 Å². The molecule has 0 spiro atoms. The number of ether oxygens (including phenoxy) is 1. The van der Waals surface area contributed by atoms with Gasteiger partial charge in [0.05, 0.1) is 7.11 Å². The molecule has 0 heterocycles. The fourth-order valence-corrected chi connectivity index (χ4v) is 2.27. The van der Waals surface area contributed by atoms with Gasteiger partial charge in [-0.05, 0) is 11.1 Å². The van der Waals surface area contributed by atoms with Crippen LogP contribution in [0.15, 0.2) is 60.7 Å². The summed E-state index contributed by atoms with van der Waals surface area (Å²) in [6.07, 6.45) is -0.309. The first-order valence-corrected chi connectivity index (χ1v) is 7.93. The van der Waals surface area contributed by atoms with E-state index < -0.39 is 12.1 Å². The molecule has 0 bridgehead atoms. The summed E-state index contributed by atoms with van der Waals surface area (Å²) in [6.45, 7) is 0.138. The SMILES string of the molecule is CON(C)C(=O)C(Cc1ccccc1)NC(=O)OCc1ccccc1. The van der Waals surface area contributed by atoms with Gasteiger partial charge in [0.15, 0.2) is 0 Å². The van der Waals surface area contributed by atoms with Gasteiger partial charge < -0.3 is 10.1 Å². The van der Waals surface area contributed by atoms with Crippen LogP contribution in [0, 0.1) is 0 Å². The lowest BCUT2D eigenvalue weighted by Crippen LogP contribution is -2.48. The predicted octanol–water partition coefficient (Wildman–Crippen LogP) is 2.54. The van der Waals surface area contributed by atoms with Gasteiger partial charge in [-0.2, -0.15) is 0 Å². The van der Waals surface area contributed by atoms with Crippen molar-refractivity contribution < 1.29 is 19.2 Å². The van der Waals surface area contributed by atoms with Crippen LogP contribution in [0.2, 0.25) is 0 Å². The number of carbonyl (C=O) groups is 2. The highest BCUT2D eigenvalue weighted by molar-refractivity contribution is 5.85. The molecule has 0 aliphatic heterocycles. The van der Waals surface area contributed by atoms with Crippen molar-refractivity contribution in [2.24, 2.45) is 0 Å². The highest BCUT2D eigenvalue weighted by Gasteiger charge is 2.25. The number of nitrogens with one attached hydrogen (secondary N) is 1. The highest BCUT2D eigenvalue weighted by atomic mass is 16.7. The maximum Gasteiger partial charge on any atom is 0.408 e. The molecule has 25 heavy (non-hydrogen) atoms. The first-order chi connectivity index (χ1) is 12.1. The smallest absolute Gasteiger partial charge is 0.408 e. The van der Waals surface area contributed by atoms with E-state index in [9.17, 15) is 9.59 Å². The van der Waals surface area contributed by atoms with Crippen molar-refractivity contribution in [1.82, 2.24) is 10.4 Å². The van der Waals surface area contributed by atoms with Gasteiger partial charge in [-0.1, -0.05) is 60.7 Å². The Bertz CT molecular complexity index is 676. The number of likely N-dealkylation sites (N-methyl/N-ethyl adjacent to an activating group) is 1. The molecule has 0 saturated carbocycles. The number of hydrogen-bond acceptors (Lipinski definition) is 4. The molecular weight excluding hydrogens is 320 g/mol. The van der Waals surface area contributed by atoms with Crippen LogP contribution in [-0.4, -0.2) is 37.3 Å². The molecule has 0 aliphatic rings. The van der Waals surface area contributed by atoms with Crippen molar-refractivity contribution in [1.29, 1.82) is 0 Å². The first-order valence-electron chi connectivity index (χ1n) is 7.93. The Hall–Kier alpha value is -2.86. The van der Waals surface area contributed by atoms with Gasteiger partial charge in [0, 0.05) is 13.5 Å². The second kappa shape index (κ2) is 9.44. The minimum atomic E-state index is -0.782. The molecule has 132 valence electrons. The zero-order chi connectivity index (χ0) is 18.1. The highest BCUT2D eigenvalue weighted by Crippen LogP contribution is 2.07. The van der Waals surface area contributed by atoms with Gasteiger partial charge in [0.25, 0.3) is 5.91 Å². The van der Waals surface area contributed by atoms with E-state index in [0.717, 1.165) is 16.2 Å². The van der Waals surface area contributed by atoms with E-state index in [0.29, 0.717) is 6.42 Å². The molecular formula is C19H22N2O4. The Morgan fingerprint density at radius 2 is 1.56 bits per heavy atom. The number of rotatable bonds is 7. The second-order valence-electron chi connectivity index (χ2n) is 5.47. The van der Waals surface area contributed by atoms with E-state index in [4.69, 9.17) is 9.57 Å². The van der Waals surface area contributed by atoms with E-state index in [1.807, 2.05) is 60.7 Å². The maximum absolute atomic E-state index is 12.4. The normalized spacial score (nSPS) is 11.4. The van der Waals surface area contributed by atoms with Crippen molar-refractivity contribution in [3.05, 3.63) is 71.8 Å². The summed E-state index contributed by atoms with van der Waals surface area (Å²) in [5.41, 5.74) is 1.80. The van der Waals surface area contributed by atoms with Crippen molar-refractivity contribution in [2.45, 2.75) is 19.1 Å². The lowest BCUT2D eigenvalue weighted by molar-refractivity contribution is -0.170. The minimum Gasteiger partial charge on any atom is -0.445 e. The van der Waals surface area contributed by atoms with E-state index in [-0.39, 0.29) is 12.5 Å². The molecule has 0 fully saturated rings. The summed E-state index contributed by atoms with van der Waals surface area (Å²) in [4.78, 5) is 29.4. The third kappa shape index (κ3) is 5.93. The Morgan fingerprint density at radius 3 is 2.12 bits per heavy atom. The van der Waals surface area contributed by atoms with Gasteiger partial charge in [-0.3, -0.25) is 9.63 Å². The summed E-state index contributed by atoms with van der Waals surface area (Å²) in [7, 11) is 2.89. The van der Waals surface area contributed by atoms with Gasteiger partial charge in [0.1, 0.15) is 12.6 Å². The largest absolute Gasteiger partial charge is 0.445 e. The third-order valence-corrected chi connectivity index (χ3v) is 3.67. The van der Waals surface area contributed by atoms with E-state index in [2.05, 4.69) is 5.32 Å². The molecule has 1 N–H and O–H groups in total. The number of amides is 2. The number of alkyl carbamates (subject to hydrolysis) is 1. The molecule has 6 nitrogen and oxygen atoms in total. The summed E-state index contributed by atoms with van der Waals surface area (Å²) < 4.78 is 5.20. The Morgan fingerprint density at radius 1 is 1.00 bits per heavy atom. The molecule has 2 aromatic rings. The molecule has 0 radical (unpaired) electrons. The van der Waals surface area contributed by atoms with Crippen molar-refractivity contribution >= 4 is 12.0 Å². The van der Waals surface area contributed by atoms with Crippen molar-refractivity contribution in [3.8, 4) is 0 Å². The van der Waals surface area contributed by atoms with E-state index in [1.54, 1.807) is 0 Å². The Balaban J connectivity index is 1.99. The van der Waals surface area contributed by atoms with E-state index in [1.165, 1.54) is 14.2 Å². The fourth-order valence-electron chi connectivity index (χ4n) is 2.27. The summed E-state index contributed by atoms with van der Waals surface area (Å²) in [5.74, 6) is -0.358. The summed E-state index contributed by atoms with van der Waals surface area (Å²) >= 11 is 0. The number of hydrogen-bond donors (Lipinski definition) is 1. The quantitative estimate of drug-likeness (QED) is 0.785. The van der Waals surface area contributed by atoms with Crippen LogP contribution < -0.4 is 5.32 Å². The zero-order valence-electron chi connectivity index (χ0n) is 14.3. The minimum absolute atomic E-state index is 0.138. The number of carbonyl (C=O) groups excluding carboxylic acids is 2. The average Bonchev–Trinajstić information content (AvgIpc) is 2.66. The average molecular weight is 342 g/mol. The first kappa shape index (κ1) is 18.5. The zero-order valence-corrected chi connectivity index (χ0v) is 14.3. The number of benzene rings is 2.